The smallest absolute Gasteiger partial charge is 0.165 e. The van der Waals surface area contributed by atoms with Crippen molar-refractivity contribution in [2.24, 2.45) is 5.92 Å². The van der Waals surface area contributed by atoms with E-state index in [1.165, 1.54) is 25.7 Å². The van der Waals surface area contributed by atoms with E-state index in [1.54, 1.807) is 0 Å². The van der Waals surface area contributed by atoms with Crippen LogP contribution < -0.4 is 9.47 Å². The number of para-hydroxylation sites is 1. The lowest BCUT2D eigenvalue weighted by Crippen LogP contribution is -2.12. The standard InChI is InChI=1S/C17H27BrO2/c1-4-7-9-14(5-2)13-20-17-15(12-18)10-8-11-16(17)19-6-3/h8,10-11,14H,4-7,9,12-13H2,1-3H3. The van der Waals surface area contributed by atoms with Gasteiger partial charge in [-0.15, -0.1) is 0 Å². The number of hydrogen-bond donors (Lipinski definition) is 0. The predicted molar refractivity (Wildman–Crippen MR) is 89.0 cm³/mol. The van der Waals surface area contributed by atoms with Gasteiger partial charge in [-0.2, -0.15) is 0 Å². The van der Waals surface area contributed by atoms with Crippen LogP contribution >= 0.6 is 15.9 Å². The minimum absolute atomic E-state index is 0.632. The van der Waals surface area contributed by atoms with Gasteiger partial charge in [0, 0.05) is 10.9 Å². The lowest BCUT2D eigenvalue weighted by Gasteiger charge is -2.19. The Morgan fingerprint density at radius 2 is 1.95 bits per heavy atom. The van der Waals surface area contributed by atoms with Gasteiger partial charge in [-0.3, -0.25) is 0 Å². The molecule has 0 fully saturated rings. The second-order valence-corrected chi connectivity index (χ2v) is 5.60. The number of benzene rings is 1. The molecule has 2 nitrogen and oxygen atoms in total. The maximum absolute atomic E-state index is 6.11. The van der Waals surface area contributed by atoms with Crippen molar-refractivity contribution in [2.75, 3.05) is 13.2 Å². The normalized spacial score (nSPS) is 12.2. The van der Waals surface area contributed by atoms with Crippen molar-refractivity contribution in [2.45, 2.75) is 51.8 Å². The summed E-state index contributed by atoms with van der Waals surface area (Å²) in [6.45, 7) is 7.92. The van der Waals surface area contributed by atoms with Gasteiger partial charge >= 0.3 is 0 Å². The van der Waals surface area contributed by atoms with Gasteiger partial charge in [0.2, 0.25) is 0 Å². The highest BCUT2D eigenvalue weighted by atomic mass is 79.9. The highest BCUT2D eigenvalue weighted by Gasteiger charge is 2.13. The summed E-state index contributed by atoms with van der Waals surface area (Å²) in [4.78, 5) is 0. The third-order valence-corrected chi connectivity index (χ3v) is 4.12. The van der Waals surface area contributed by atoms with Crippen LogP contribution in [-0.2, 0) is 5.33 Å². The number of hydrogen-bond acceptors (Lipinski definition) is 2. The Morgan fingerprint density at radius 1 is 1.15 bits per heavy atom. The molecule has 0 bridgehead atoms. The molecule has 0 radical (unpaired) electrons. The fourth-order valence-electron chi connectivity index (χ4n) is 2.20. The molecule has 0 aliphatic rings. The van der Waals surface area contributed by atoms with Crippen molar-refractivity contribution in [1.82, 2.24) is 0 Å². The van der Waals surface area contributed by atoms with Gasteiger partial charge in [-0.1, -0.05) is 61.2 Å². The fraction of sp³-hybridized carbons (Fsp3) is 0.647. The molecule has 0 saturated heterocycles. The second-order valence-electron chi connectivity index (χ2n) is 5.04. The average Bonchev–Trinajstić information content (AvgIpc) is 2.48. The van der Waals surface area contributed by atoms with E-state index in [0.717, 1.165) is 29.0 Å². The van der Waals surface area contributed by atoms with Crippen molar-refractivity contribution in [3.8, 4) is 11.5 Å². The van der Waals surface area contributed by atoms with E-state index in [-0.39, 0.29) is 0 Å². The first kappa shape index (κ1) is 17.4. The van der Waals surface area contributed by atoms with Gasteiger partial charge in [0.15, 0.2) is 11.5 Å². The summed E-state index contributed by atoms with van der Waals surface area (Å²) < 4.78 is 11.8. The van der Waals surface area contributed by atoms with Crippen molar-refractivity contribution in [3.63, 3.8) is 0 Å². The lowest BCUT2D eigenvalue weighted by atomic mass is 10.0. The molecule has 114 valence electrons. The Bertz CT molecular complexity index is 379. The average molecular weight is 343 g/mol. The molecule has 0 aromatic heterocycles. The summed E-state index contributed by atoms with van der Waals surface area (Å²) in [6, 6.07) is 6.08. The molecule has 20 heavy (non-hydrogen) atoms. The second kappa shape index (κ2) is 10.1. The number of ether oxygens (including phenoxy) is 2. The summed E-state index contributed by atoms with van der Waals surface area (Å²) >= 11 is 3.52. The van der Waals surface area contributed by atoms with E-state index in [2.05, 4.69) is 35.8 Å². The molecular weight excluding hydrogens is 316 g/mol. The van der Waals surface area contributed by atoms with Gasteiger partial charge in [-0.25, -0.2) is 0 Å². The molecule has 1 aromatic rings. The first-order valence-corrected chi connectivity index (χ1v) is 8.82. The fourth-order valence-corrected chi connectivity index (χ4v) is 2.64. The zero-order valence-electron chi connectivity index (χ0n) is 13.0. The van der Waals surface area contributed by atoms with Gasteiger partial charge in [0.05, 0.1) is 13.2 Å². The predicted octanol–water partition coefficient (Wildman–Crippen LogP) is 5.58. The Balaban J connectivity index is 2.73. The number of unbranched alkanes of at least 4 members (excludes halogenated alkanes) is 1. The first-order chi connectivity index (χ1) is 9.76. The maximum atomic E-state index is 6.11. The molecule has 3 heteroatoms. The summed E-state index contributed by atoms with van der Waals surface area (Å²) in [6.07, 6.45) is 4.94. The van der Waals surface area contributed by atoms with Gasteiger partial charge in [0.25, 0.3) is 0 Å². The maximum Gasteiger partial charge on any atom is 0.165 e. The largest absolute Gasteiger partial charge is 0.490 e. The van der Waals surface area contributed by atoms with Gasteiger partial charge < -0.3 is 9.47 Å². The number of halogens is 1. The quantitative estimate of drug-likeness (QED) is 0.517. The van der Waals surface area contributed by atoms with E-state index in [9.17, 15) is 0 Å². The Kier molecular flexibility index (Phi) is 8.75. The Hall–Kier alpha value is -0.700. The topological polar surface area (TPSA) is 18.5 Å². The van der Waals surface area contributed by atoms with Crippen molar-refractivity contribution < 1.29 is 9.47 Å². The highest BCUT2D eigenvalue weighted by Crippen LogP contribution is 2.33. The van der Waals surface area contributed by atoms with E-state index in [4.69, 9.17) is 9.47 Å². The van der Waals surface area contributed by atoms with Crippen LogP contribution in [0, 0.1) is 5.92 Å². The van der Waals surface area contributed by atoms with E-state index in [1.807, 2.05) is 19.1 Å². The first-order valence-electron chi connectivity index (χ1n) is 7.70. The minimum Gasteiger partial charge on any atom is -0.490 e. The Morgan fingerprint density at radius 3 is 2.55 bits per heavy atom. The molecule has 0 amide bonds. The van der Waals surface area contributed by atoms with E-state index < -0.39 is 0 Å². The molecular formula is C17H27BrO2. The molecule has 1 rings (SSSR count). The molecule has 1 unspecified atom stereocenters. The molecule has 0 saturated carbocycles. The SMILES string of the molecule is CCCCC(CC)COc1c(CBr)cccc1OCC. The summed E-state index contributed by atoms with van der Waals surface area (Å²) in [5, 5.41) is 0.787. The monoisotopic (exact) mass is 342 g/mol. The summed E-state index contributed by atoms with van der Waals surface area (Å²) in [5.41, 5.74) is 1.15. The molecule has 0 aliphatic heterocycles. The van der Waals surface area contributed by atoms with Crippen LogP contribution in [0.2, 0.25) is 0 Å². The lowest BCUT2D eigenvalue weighted by molar-refractivity contribution is 0.218. The third kappa shape index (κ3) is 5.35. The minimum atomic E-state index is 0.632. The molecule has 0 N–H and O–H groups in total. The van der Waals surface area contributed by atoms with Crippen LogP contribution in [0.4, 0.5) is 0 Å². The Labute approximate surface area is 132 Å². The molecule has 1 aromatic carbocycles. The van der Waals surface area contributed by atoms with Crippen LogP contribution in [0.15, 0.2) is 18.2 Å². The van der Waals surface area contributed by atoms with Crippen LogP contribution in [-0.4, -0.2) is 13.2 Å². The highest BCUT2D eigenvalue weighted by molar-refractivity contribution is 9.08. The van der Waals surface area contributed by atoms with Crippen LogP contribution in [0.3, 0.4) is 0 Å². The zero-order chi connectivity index (χ0) is 14.8. The van der Waals surface area contributed by atoms with E-state index >= 15 is 0 Å². The summed E-state index contributed by atoms with van der Waals surface area (Å²) in [5.74, 6) is 2.39. The molecule has 1 atom stereocenters. The van der Waals surface area contributed by atoms with E-state index in [0.29, 0.717) is 12.5 Å². The van der Waals surface area contributed by atoms with Crippen molar-refractivity contribution in [3.05, 3.63) is 23.8 Å². The summed E-state index contributed by atoms with van der Waals surface area (Å²) in [7, 11) is 0. The van der Waals surface area contributed by atoms with Gasteiger partial charge in [-0.05, 0) is 25.3 Å². The zero-order valence-corrected chi connectivity index (χ0v) is 14.5. The molecule has 0 heterocycles. The number of rotatable bonds is 10. The third-order valence-electron chi connectivity index (χ3n) is 3.51. The number of alkyl halides is 1. The van der Waals surface area contributed by atoms with Crippen LogP contribution in [0.25, 0.3) is 0 Å². The van der Waals surface area contributed by atoms with Crippen molar-refractivity contribution in [1.29, 1.82) is 0 Å². The molecule has 0 aliphatic carbocycles. The van der Waals surface area contributed by atoms with Crippen LogP contribution in [0.5, 0.6) is 11.5 Å². The van der Waals surface area contributed by atoms with Crippen molar-refractivity contribution >= 4 is 15.9 Å². The molecule has 0 spiro atoms. The van der Waals surface area contributed by atoms with Crippen LogP contribution in [0.1, 0.15) is 52.0 Å². The van der Waals surface area contributed by atoms with Gasteiger partial charge in [0.1, 0.15) is 0 Å².